The molecule has 3 N–H and O–H groups in total. The molecule has 64 valence electrons. The average molecular weight is 164 g/mol. The van der Waals surface area contributed by atoms with Gasteiger partial charge in [0.15, 0.2) is 0 Å². The number of rotatable bonds is 4. The molecule has 1 rings (SSSR count). The van der Waals surface area contributed by atoms with E-state index in [4.69, 9.17) is 10.6 Å². The summed E-state index contributed by atoms with van der Waals surface area (Å²) < 4.78 is 5.32. The van der Waals surface area contributed by atoms with Gasteiger partial charge in [0.25, 0.3) is 0 Å². The third kappa shape index (κ3) is 2.00. The summed E-state index contributed by atoms with van der Waals surface area (Å²) in [5.74, 6) is 6.00. The number of nitrogens with two attached hydrogens (primary N) is 1. The minimum absolute atomic E-state index is 0.485. The second-order valence-corrected chi connectivity index (χ2v) is 2.24. The fourth-order valence-electron chi connectivity index (χ4n) is 0.860. The van der Waals surface area contributed by atoms with Crippen LogP contribution in [0.1, 0.15) is 0 Å². The van der Waals surface area contributed by atoms with E-state index >= 15 is 0 Å². The smallest absolute Gasteiger partial charge is 0.144 e. The molecule has 0 unspecified atom stereocenters. The fourth-order valence-corrected chi connectivity index (χ4v) is 0.860. The van der Waals surface area contributed by atoms with E-state index < -0.39 is 0 Å². The normalized spacial score (nSPS) is 9.08. The maximum Gasteiger partial charge on any atom is 0.144 e. The van der Waals surface area contributed by atoms with Gasteiger partial charge in [-0.25, -0.2) is 0 Å². The zero-order chi connectivity index (χ0) is 8.81. The van der Waals surface area contributed by atoms with Gasteiger partial charge in [-0.1, -0.05) is 24.8 Å². The summed E-state index contributed by atoms with van der Waals surface area (Å²) in [6.07, 6.45) is 1.69. The lowest BCUT2D eigenvalue weighted by Gasteiger charge is -2.08. The minimum Gasteiger partial charge on any atom is -0.487 e. The van der Waals surface area contributed by atoms with Crippen molar-refractivity contribution in [3.05, 3.63) is 36.9 Å². The molecule has 0 fully saturated rings. The summed E-state index contributed by atoms with van der Waals surface area (Å²) in [6.45, 7) is 4.04. The maximum atomic E-state index is 5.32. The van der Waals surface area contributed by atoms with Crippen molar-refractivity contribution in [2.45, 2.75) is 0 Å². The van der Waals surface area contributed by atoms with Crippen molar-refractivity contribution < 1.29 is 4.74 Å². The summed E-state index contributed by atoms with van der Waals surface area (Å²) in [6, 6.07) is 7.46. The molecule has 12 heavy (non-hydrogen) atoms. The van der Waals surface area contributed by atoms with Crippen molar-refractivity contribution in [3.8, 4) is 5.75 Å². The van der Waals surface area contributed by atoms with Crippen molar-refractivity contribution in [2.24, 2.45) is 5.84 Å². The second-order valence-electron chi connectivity index (χ2n) is 2.24. The van der Waals surface area contributed by atoms with Crippen LogP contribution < -0.4 is 16.0 Å². The molecule has 3 nitrogen and oxygen atoms in total. The van der Waals surface area contributed by atoms with Crippen LogP contribution in [0, 0.1) is 0 Å². The van der Waals surface area contributed by atoms with E-state index in [0.717, 1.165) is 11.4 Å². The lowest BCUT2D eigenvalue weighted by Crippen LogP contribution is -2.08. The number of hydrogen-bond acceptors (Lipinski definition) is 3. The highest BCUT2D eigenvalue weighted by Crippen LogP contribution is 2.21. The van der Waals surface area contributed by atoms with Crippen molar-refractivity contribution in [1.29, 1.82) is 0 Å². The Morgan fingerprint density at radius 3 is 2.92 bits per heavy atom. The van der Waals surface area contributed by atoms with Gasteiger partial charge >= 0.3 is 0 Å². The van der Waals surface area contributed by atoms with Crippen LogP contribution in [0.4, 0.5) is 5.69 Å². The van der Waals surface area contributed by atoms with Gasteiger partial charge < -0.3 is 10.2 Å². The summed E-state index contributed by atoms with van der Waals surface area (Å²) in [4.78, 5) is 0. The molecule has 3 heteroatoms. The Morgan fingerprint density at radius 2 is 2.25 bits per heavy atom. The second kappa shape index (κ2) is 4.41. The molecule has 1 aromatic rings. The van der Waals surface area contributed by atoms with Crippen LogP contribution in [0.15, 0.2) is 36.9 Å². The minimum atomic E-state index is 0.485. The summed E-state index contributed by atoms with van der Waals surface area (Å²) >= 11 is 0. The third-order valence-corrected chi connectivity index (χ3v) is 1.40. The molecule has 0 saturated heterocycles. The number of hydrazine groups is 1. The van der Waals surface area contributed by atoms with Crippen LogP contribution in [0.2, 0.25) is 0 Å². The van der Waals surface area contributed by atoms with E-state index in [2.05, 4.69) is 12.0 Å². The molecular weight excluding hydrogens is 152 g/mol. The lowest BCUT2D eigenvalue weighted by atomic mass is 10.3. The highest BCUT2D eigenvalue weighted by atomic mass is 16.5. The Balaban J connectivity index is 2.74. The first-order valence-corrected chi connectivity index (χ1v) is 3.68. The van der Waals surface area contributed by atoms with Crippen LogP contribution in [0.25, 0.3) is 0 Å². The van der Waals surface area contributed by atoms with Gasteiger partial charge in [-0.2, -0.15) is 0 Å². The first kappa shape index (κ1) is 8.62. The Morgan fingerprint density at radius 1 is 1.50 bits per heavy atom. The number of para-hydroxylation sites is 2. The highest BCUT2D eigenvalue weighted by molar-refractivity contribution is 5.55. The number of ether oxygens (including phenoxy) is 1. The van der Waals surface area contributed by atoms with Gasteiger partial charge in [0.2, 0.25) is 0 Å². The van der Waals surface area contributed by atoms with Crippen LogP contribution >= 0.6 is 0 Å². The van der Waals surface area contributed by atoms with Crippen LogP contribution in [0.3, 0.4) is 0 Å². The largest absolute Gasteiger partial charge is 0.487 e. The summed E-state index contributed by atoms with van der Waals surface area (Å²) in [7, 11) is 0. The monoisotopic (exact) mass is 164 g/mol. The molecule has 1 aromatic carbocycles. The van der Waals surface area contributed by atoms with Crippen molar-refractivity contribution in [1.82, 2.24) is 0 Å². The third-order valence-electron chi connectivity index (χ3n) is 1.40. The molecule has 0 spiro atoms. The summed E-state index contributed by atoms with van der Waals surface area (Å²) in [5.41, 5.74) is 3.32. The van der Waals surface area contributed by atoms with E-state index in [9.17, 15) is 0 Å². The van der Waals surface area contributed by atoms with E-state index in [1.54, 1.807) is 6.08 Å². The van der Waals surface area contributed by atoms with Crippen molar-refractivity contribution >= 4 is 5.69 Å². The number of anilines is 1. The Bertz CT molecular complexity index is 260. The molecule has 0 aromatic heterocycles. The first-order valence-electron chi connectivity index (χ1n) is 3.68. The van der Waals surface area contributed by atoms with E-state index in [1.165, 1.54) is 0 Å². The predicted octanol–water partition coefficient (Wildman–Crippen LogP) is 1.54. The molecule has 0 aliphatic heterocycles. The molecule has 0 heterocycles. The van der Waals surface area contributed by atoms with Gasteiger partial charge in [-0.3, -0.25) is 5.84 Å². The molecule has 0 bridgehead atoms. The topological polar surface area (TPSA) is 47.3 Å². The fraction of sp³-hybridized carbons (Fsp3) is 0.111. The number of nitrogen functional groups attached to an aromatic ring is 1. The van der Waals surface area contributed by atoms with E-state index in [1.807, 2.05) is 24.3 Å². The molecule has 0 saturated carbocycles. The van der Waals surface area contributed by atoms with E-state index in [-0.39, 0.29) is 0 Å². The first-order chi connectivity index (χ1) is 5.88. The van der Waals surface area contributed by atoms with E-state index in [0.29, 0.717) is 6.61 Å². The molecule has 0 atom stereocenters. The Labute approximate surface area is 71.8 Å². The maximum absolute atomic E-state index is 5.32. The van der Waals surface area contributed by atoms with Crippen molar-refractivity contribution in [3.63, 3.8) is 0 Å². The van der Waals surface area contributed by atoms with Crippen molar-refractivity contribution in [2.75, 3.05) is 12.0 Å². The highest BCUT2D eigenvalue weighted by Gasteiger charge is 1.97. The quantitative estimate of drug-likeness (QED) is 0.403. The standard InChI is InChI=1S/C9H12N2O/c1-2-7-12-9-6-4-3-5-8(9)11-10/h2-6,11H,1,7,10H2. The van der Waals surface area contributed by atoms with Crippen LogP contribution in [-0.2, 0) is 0 Å². The van der Waals surface area contributed by atoms with Gasteiger partial charge in [-0.15, -0.1) is 0 Å². The van der Waals surface area contributed by atoms with Gasteiger partial charge in [0.05, 0.1) is 5.69 Å². The Kier molecular flexibility index (Phi) is 3.17. The molecule has 0 aliphatic carbocycles. The zero-order valence-corrected chi connectivity index (χ0v) is 6.79. The van der Waals surface area contributed by atoms with Crippen LogP contribution in [-0.4, -0.2) is 6.61 Å². The molecule has 0 amide bonds. The number of nitrogens with one attached hydrogen (secondary N) is 1. The lowest BCUT2D eigenvalue weighted by molar-refractivity contribution is 0.365. The average Bonchev–Trinajstić information content (AvgIpc) is 2.15. The molecule has 0 aliphatic rings. The predicted molar refractivity (Wildman–Crippen MR) is 49.9 cm³/mol. The Hall–Kier alpha value is -1.48. The summed E-state index contributed by atoms with van der Waals surface area (Å²) in [5, 5.41) is 0. The SMILES string of the molecule is C=CCOc1ccccc1NN. The number of hydrogen-bond donors (Lipinski definition) is 2. The molecular formula is C9H12N2O. The zero-order valence-electron chi connectivity index (χ0n) is 6.79. The molecule has 0 radical (unpaired) electrons. The van der Waals surface area contributed by atoms with Gasteiger partial charge in [0.1, 0.15) is 12.4 Å². The number of benzene rings is 1. The van der Waals surface area contributed by atoms with Crippen LogP contribution in [0.5, 0.6) is 5.75 Å². The van der Waals surface area contributed by atoms with Gasteiger partial charge in [-0.05, 0) is 12.1 Å². The van der Waals surface area contributed by atoms with Gasteiger partial charge in [0, 0.05) is 0 Å².